The van der Waals surface area contributed by atoms with Crippen LogP contribution in [0.3, 0.4) is 0 Å². The quantitative estimate of drug-likeness (QED) is 0.530. The first kappa shape index (κ1) is 21.6. The number of methoxy groups -OCH3 is 1. The summed E-state index contributed by atoms with van der Waals surface area (Å²) in [5, 5.41) is 0. The number of nitrogens with zero attached hydrogens (tertiary/aromatic N) is 3. The van der Waals surface area contributed by atoms with E-state index < -0.39 is 11.2 Å². The first-order valence-corrected chi connectivity index (χ1v) is 10.1. The Labute approximate surface area is 182 Å². The van der Waals surface area contributed by atoms with Crippen molar-refractivity contribution in [1.29, 1.82) is 0 Å². The zero-order chi connectivity index (χ0) is 21.7. The van der Waals surface area contributed by atoms with Crippen LogP contribution in [0.5, 0.6) is 5.75 Å². The summed E-state index contributed by atoms with van der Waals surface area (Å²) in [5.41, 5.74) is 0.707. The fourth-order valence-corrected chi connectivity index (χ4v) is 3.48. The summed E-state index contributed by atoms with van der Waals surface area (Å²) in [6.45, 7) is 0.264. The van der Waals surface area contributed by atoms with Gasteiger partial charge in [0.15, 0.2) is 0 Å². The summed E-state index contributed by atoms with van der Waals surface area (Å²) < 4.78 is 8.58. The second-order valence-corrected chi connectivity index (χ2v) is 7.76. The van der Waals surface area contributed by atoms with Crippen molar-refractivity contribution in [3.63, 3.8) is 0 Å². The monoisotopic (exact) mass is 471 g/mol. The number of carbonyl (C=O) groups excluding carboxylic acids is 1. The van der Waals surface area contributed by atoms with E-state index >= 15 is 0 Å². The van der Waals surface area contributed by atoms with Gasteiger partial charge in [0.2, 0.25) is 5.91 Å². The lowest BCUT2D eigenvalue weighted by atomic mass is 10.2. The molecule has 0 N–H and O–H groups in total. The lowest BCUT2D eigenvalue weighted by Gasteiger charge is -2.19. The zero-order valence-corrected chi connectivity index (χ0v) is 18.3. The van der Waals surface area contributed by atoms with E-state index in [1.165, 1.54) is 21.7 Å². The van der Waals surface area contributed by atoms with Crippen molar-refractivity contribution >= 4 is 21.8 Å². The van der Waals surface area contributed by atoms with E-state index in [2.05, 4.69) is 15.9 Å². The van der Waals surface area contributed by atoms with Crippen molar-refractivity contribution in [3.8, 4) is 5.75 Å². The first-order chi connectivity index (χ1) is 14.4. The van der Waals surface area contributed by atoms with Gasteiger partial charge in [-0.05, 0) is 23.8 Å². The molecule has 3 rings (SSSR count). The van der Waals surface area contributed by atoms with Crippen molar-refractivity contribution in [1.82, 2.24) is 14.0 Å². The fourth-order valence-electron chi connectivity index (χ4n) is 3.07. The smallest absolute Gasteiger partial charge is 0.331 e. The van der Waals surface area contributed by atoms with Crippen LogP contribution in [0.15, 0.2) is 74.9 Å². The third kappa shape index (κ3) is 5.07. The van der Waals surface area contributed by atoms with Crippen LogP contribution in [0.2, 0.25) is 0 Å². The molecule has 1 aromatic heterocycles. The lowest BCUT2D eigenvalue weighted by Crippen LogP contribution is -2.43. The molecular formula is C22H22BrN3O4. The summed E-state index contributed by atoms with van der Waals surface area (Å²) in [4.78, 5) is 39.2. The number of hydrogen-bond donors (Lipinski definition) is 0. The highest BCUT2D eigenvalue weighted by Gasteiger charge is 2.16. The Hall–Kier alpha value is -3.13. The van der Waals surface area contributed by atoms with Crippen molar-refractivity contribution in [2.75, 3.05) is 14.2 Å². The van der Waals surface area contributed by atoms with Crippen LogP contribution in [0.25, 0.3) is 0 Å². The predicted octanol–water partition coefficient (Wildman–Crippen LogP) is 2.49. The second kappa shape index (κ2) is 9.58. The average molecular weight is 472 g/mol. The SMILES string of the molecule is COc1ccc(Br)cc1CN(C)C(=O)Cn1c(=O)ccn(Cc2ccccc2)c1=O. The molecular weight excluding hydrogens is 450 g/mol. The van der Waals surface area contributed by atoms with E-state index in [1.807, 2.05) is 48.5 Å². The standard InChI is InChI=1S/C22H22BrN3O4/c1-24(14-17-12-18(23)8-9-19(17)30-2)21(28)15-26-20(27)10-11-25(22(26)29)13-16-6-4-3-5-7-16/h3-12H,13-15H2,1-2H3. The lowest BCUT2D eigenvalue weighted by molar-refractivity contribution is -0.131. The Balaban J connectivity index is 1.79. The third-order valence-corrected chi connectivity index (χ3v) is 5.20. The molecule has 8 heteroatoms. The minimum absolute atomic E-state index is 0.279. The minimum Gasteiger partial charge on any atom is -0.496 e. The van der Waals surface area contributed by atoms with Gasteiger partial charge in [-0.3, -0.25) is 18.7 Å². The summed E-state index contributed by atoms with van der Waals surface area (Å²) in [6, 6.07) is 16.3. The van der Waals surface area contributed by atoms with Crippen LogP contribution < -0.4 is 16.0 Å². The number of halogens is 1. The largest absolute Gasteiger partial charge is 0.496 e. The summed E-state index contributed by atoms with van der Waals surface area (Å²) in [6.07, 6.45) is 1.45. The fraction of sp³-hybridized carbons (Fsp3) is 0.227. The van der Waals surface area contributed by atoms with Gasteiger partial charge in [0.25, 0.3) is 5.56 Å². The molecule has 0 atom stereocenters. The van der Waals surface area contributed by atoms with Gasteiger partial charge >= 0.3 is 5.69 Å². The average Bonchev–Trinajstić information content (AvgIpc) is 2.74. The van der Waals surface area contributed by atoms with E-state index in [-0.39, 0.29) is 19.0 Å². The van der Waals surface area contributed by atoms with Crippen molar-refractivity contribution in [2.24, 2.45) is 0 Å². The molecule has 0 saturated heterocycles. The Bertz CT molecular complexity index is 1160. The Morgan fingerprint density at radius 1 is 1.10 bits per heavy atom. The van der Waals surface area contributed by atoms with Gasteiger partial charge in [0.1, 0.15) is 12.3 Å². The number of amides is 1. The Kier molecular flexibility index (Phi) is 6.89. The second-order valence-electron chi connectivity index (χ2n) is 6.84. The summed E-state index contributed by atoms with van der Waals surface area (Å²) in [5.74, 6) is 0.300. The van der Waals surface area contributed by atoms with Crippen LogP contribution in [0.1, 0.15) is 11.1 Å². The molecule has 0 aliphatic carbocycles. The van der Waals surface area contributed by atoms with Gasteiger partial charge in [-0.25, -0.2) is 4.79 Å². The zero-order valence-electron chi connectivity index (χ0n) is 16.7. The molecule has 0 radical (unpaired) electrons. The predicted molar refractivity (Wildman–Crippen MR) is 118 cm³/mol. The van der Waals surface area contributed by atoms with Crippen LogP contribution >= 0.6 is 15.9 Å². The van der Waals surface area contributed by atoms with Crippen LogP contribution in [0, 0.1) is 0 Å². The number of carbonyl (C=O) groups is 1. The van der Waals surface area contributed by atoms with E-state index in [0.29, 0.717) is 12.3 Å². The number of ether oxygens (including phenoxy) is 1. The highest BCUT2D eigenvalue weighted by molar-refractivity contribution is 9.10. The van der Waals surface area contributed by atoms with Gasteiger partial charge in [-0.15, -0.1) is 0 Å². The van der Waals surface area contributed by atoms with Crippen LogP contribution in [0.4, 0.5) is 0 Å². The molecule has 0 aliphatic heterocycles. The van der Waals surface area contributed by atoms with E-state index in [0.717, 1.165) is 20.2 Å². The van der Waals surface area contributed by atoms with Crippen molar-refractivity contribution < 1.29 is 9.53 Å². The Morgan fingerprint density at radius 2 is 1.83 bits per heavy atom. The molecule has 30 heavy (non-hydrogen) atoms. The molecule has 2 aromatic carbocycles. The number of hydrogen-bond acceptors (Lipinski definition) is 4. The number of aromatic nitrogens is 2. The molecule has 1 amide bonds. The molecule has 0 spiro atoms. The third-order valence-electron chi connectivity index (χ3n) is 4.70. The molecule has 0 saturated carbocycles. The highest BCUT2D eigenvalue weighted by Crippen LogP contribution is 2.24. The molecule has 0 unspecified atom stereocenters. The Morgan fingerprint density at radius 3 is 2.53 bits per heavy atom. The maximum absolute atomic E-state index is 12.8. The molecule has 156 valence electrons. The summed E-state index contributed by atoms with van der Waals surface area (Å²) >= 11 is 3.41. The van der Waals surface area contributed by atoms with E-state index in [9.17, 15) is 14.4 Å². The normalized spacial score (nSPS) is 10.6. The first-order valence-electron chi connectivity index (χ1n) is 9.29. The number of rotatable bonds is 7. The van der Waals surface area contributed by atoms with Crippen molar-refractivity contribution in [2.45, 2.75) is 19.6 Å². The van der Waals surface area contributed by atoms with Crippen LogP contribution in [-0.4, -0.2) is 34.1 Å². The molecule has 0 aliphatic rings. The topological polar surface area (TPSA) is 73.5 Å². The maximum atomic E-state index is 12.8. The number of likely N-dealkylation sites (N-methyl/N-ethyl adjacent to an activating group) is 1. The van der Waals surface area contributed by atoms with Crippen molar-refractivity contribution in [3.05, 3.63) is 97.2 Å². The van der Waals surface area contributed by atoms with Gasteiger partial charge in [-0.2, -0.15) is 0 Å². The molecule has 1 heterocycles. The molecule has 3 aromatic rings. The van der Waals surface area contributed by atoms with Gasteiger partial charge in [-0.1, -0.05) is 46.3 Å². The van der Waals surface area contributed by atoms with E-state index in [1.54, 1.807) is 14.2 Å². The van der Waals surface area contributed by atoms with Gasteiger partial charge in [0, 0.05) is 35.9 Å². The highest BCUT2D eigenvalue weighted by atomic mass is 79.9. The molecule has 0 fully saturated rings. The number of benzene rings is 2. The maximum Gasteiger partial charge on any atom is 0.331 e. The summed E-state index contributed by atoms with van der Waals surface area (Å²) in [7, 11) is 3.19. The van der Waals surface area contributed by atoms with Crippen LogP contribution in [-0.2, 0) is 24.4 Å². The van der Waals surface area contributed by atoms with Gasteiger partial charge < -0.3 is 9.64 Å². The van der Waals surface area contributed by atoms with E-state index in [4.69, 9.17) is 4.74 Å². The molecule has 7 nitrogen and oxygen atoms in total. The minimum atomic E-state index is -0.520. The molecule has 0 bridgehead atoms. The van der Waals surface area contributed by atoms with Gasteiger partial charge in [0.05, 0.1) is 13.7 Å².